The lowest BCUT2D eigenvalue weighted by Gasteiger charge is -2.33. The molecule has 2 nitrogen and oxygen atoms in total. The second kappa shape index (κ2) is 15.4. The Balaban J connectivity index is 4.52. The fraction of sp³-hybridized carbons (Fsp3) is 0.960. The predicted octanol–water partition coefficient (Wildman–Crippen LogP) is 8.80. The van der Waals surface area contributed by atoms with Gasteiger partial charge in [0.1, 0.15) is 0 Å². The van der Waals surface area contributed by atoms with Crippen LogP contribution in [-0.4, -0.2) is 37.5 Å². The maximum Gasteiger partial charge on any atom is 0.191 e. The van der Waals surface area contributed by atoms with Crippen molar-refractivity contribution in [2.75, 3.05) is 12.8 Å². The van der Waals surface area contributed by atoms with Gasteiger partial charge in [-0.3, -0.25) is 0 Å². The van der Waals surface area contributed by atoms with Crippen LogP contribution >= 0.6 is 0 Å². The molecule has 180 valence electrons. The highest BCUT2D eigenvalue weighted by atomic mass is 28.4. The zero-order chi connectivity index (χ0) is 23.3. The van der Waals surface area contributed by atoms with E-state index in [4.69, 9.17) is 15.8 Å². The molecule has 0 saturated heterocycles. The average molecular weight is 473 g/mol. The van der Waals surface area contributed by atoms with Crippen LogP contribution in [0.25, 0.3) is 0 Å². The molecule has 0 fully saturated rings. The van der Waals surface area contributed by atoms with E-state index in [1.807, 2.05) is 0 Å². The summed E-state index contributed by atoms with van der Waals surface area (Å²) in [5, 5.41) is 0. The van der Waals surface area contributed by atoms with Gasteiger partial charge in [-0.1, -0.05) is 91.8 Å². The van der Waals surface area contributed by atoms with Gasteiger partial charge in [0.2, 0.25) is 0 Å². The van der Waals surface area contributed by atoms with Crippen molar-refractivity contribution in [3.8, 4) is 0 Å². The summed E-state index contributed by atoms with van der Waals surface area (Å²) in [5.41, 5.74) is 0. The van der Waals surface area contributed by atoms with Crippen molar-refractivity contribution in [2.24, 2.45) is 11.8 Å². The maximum atomic E-state index is 6.77. The first-order valence-electron chi connectivity index (χ1n) is 12.8. The van der Waals surface area contributed by atoms with Gasteiger partial charge in [0, 0.05) is 12.8 Å². The van der Waals surface area contributed by atoms with Gasteiger partial charge in [0.05, 0.1) is 8.07 Å². The second-order valence-corrected chi connectivity index (χ2v) is 25.7. The van der Waals surface area contributed by atoms with Gasteiger partial charge in [-0.15, -0.1) is 0 Å². The molecule has 0 saturated carbocycles. The second-order valence-electron chi connectivity index (χ2n) is 12.1. The number of rotatable bonds is 19. The van der Waals surface area contributed by atoms with Crippen LogP contribution in [-0.2, 0) is 8.85 Å². The molecule has 0 bridgehead atoms. The summed E-state index contributed by atoms with van der Waals surface area (Å²) in [7, 11) is -4.56. The summed E-state index contributed by atoms with van der Waals surface area (Å²) in [6.07, 6.45) is 9.62. The largest absolute Gasteiger partial charge is 0.420 e. The summed E-state index contributed by atoms with van der Waals surface area (Å²) >= 11 is 0. The normalized spacial score (nSPS) is 15.2. The van der Waals surface area contributed by atoms with E-state index in [0.717, 1.165) is 43.6 Å². The fourth-order valence-electron chi connectivity index (χ4n) is 3.89. The van der Waals surface area contributed by atoms with Crippen molar-refractivity contribution >= 4 is 24.7 Å². The highest BCUT2D eigenvalue weighted by Crippen LogP contribution is 2.26. The van der Waals surface area contributed by atoms with Crippen molar-refractivity contribution in [1.82, 2.24) is 0 Å². The Labute approximate surface area is 194 Å². The minimum absolute atomic E-state index is 0.776. The third kappa shape index (κ3) is 17.2. The summed E-state index contributed by atoms with van der Waals surface area (Å²) in [5.74, 6) is 1.63. The molecule has 0 aromatic rings. The van der Waals surface area contributed by atoms with Gasteiger partial charge in [0.15, 0.2) is 16.6 Å². The molecular formula is C25H56O2Si3. The minimum atomic E-state index is -1.74. The molecule has 0 rings (SSSR count). The molecule has 0 aromatic carbocycles. The Morgan fingerprint density at radius 1 is 0.667 bits per heavy atom. The first-order valence-corrected chi connectivity index (χ1v) is 22.1. The molecule has 0 aliphatic heterocycles. The summed E-state index contributed by atoms with van der Waals surface area (Å²) in [6.45, 7) is 28.3. The Kier molecular flexibility index (Phi) is 15.7. The lowest BCUT2D eigenvalue weighted by atomic mass is 10.1. The van der Waals surface area contributed by atoms with E-state index in [-0.39, 0.29) is 0 Å². The topological polar surface area (TPSA) is 18.5 Å². The van der Waals surface area contributed by atoms with Gasteiger partial charge in [-0.05, 0) is 56.5 Å². The molecule has 0 N–H and O–H groups in total. The first-order chi connectivity index (χ1) is 13.8. The van der Waals surface area contributed by atoms with Crippen molar-refractivity contribution in [2.45, 2.75) is 130 Å². The third-order valence-corrected chi connectivity index (χ3v) is 15.3. The molecule has 0 amide bonds. The highest BCUT2D eigenvalue weighted by molar-refractivity contribution is 6.79. The number of hydrogen-bond donors (Lipinski definition) is 0. The van der Waals surface area contributed by atoms with Gasteiger partial charge >= 0.3 is 0 Å². The SMILES string of the molecule is [CH]CCC[Si](C)(CCO[Si](C)(C)CCCCC(C)C)OC[Si](C)(C)CCCC(C)C. The van der Waals surface area contributed by atoms with Crippen LogP contribution in [0.1, 0.15) is 72.6 Å². The third-order valence-electron chi connectivity index (χ3n) is 6.29. The van der Waals surface area contributed by atoms with Crippen molar-refractivity contribution < 1.29 is 8.85 Å². The maximum absolute atomic E-state index is 6.77. The van der Waals surface area contributed by atoms with Crippen LogP contribution in [0.4, 0.5) is 0 Å². The molecule has 0 aromatic heterocycles. The molecule has 0 aliphatic carbocycles. The van der Waals surface area contributed by atoms with E-state index in [9.17, 15) is 0 Å². The fourth-order valence-corrected chi connectivity index (χ4v) is 12.3. The highest BCUT2D eigenvalue weighted by Gasteiger charge is 2.33. The predicted molar refractivity (Wildman–Crippen MR) is 144 cm³/mol. The van der Waals surface area contributed by atoms with Gasteiger partial charge < -0.3 is 8.85 Å². The van der Waals surface area contributed by atoms with Crippen LogP contribution in [0.15, 0.2) is 0 Å². The van der Waals surface area contributed by atoms with E-state index >= 15 is 0 Å². The van der Waals surface area contributed by atoms with Gasteiger partial charge in [-0.2, -0.15) is 0 Å². The molecule has 0 heterocycles. The van der Waals surface area contributed by atoms with Gasteiger partial charge in [-0.25, -0.2) is 0 Å². The van der Waals surface area contributed by atoms with E-state index in [1.165, 1.54) is 50.2 Å². The molecule has 1 unspecified atom stereocenters. The monoisotopic (exact) mass is 472 g/mol. The van der Waals surface area contributed by atoms with Gasteiger partial charge in [0.25, 0.3) is 0 Å². The van der Waals surface area contributed by atoms with Crippen molar-refractivity contribution in [3.63, 3.8) is 0 Å². The first kappa shape index (κ1) is 30.6. The smallest absolute Gasteiger partial charge is 0.191 e. The van der Waals surface area contributed by atoms with Crippen LogP contribution < -0.4 is 0 Å². The summed E-state index contributed by atoms with van der Waals surface area (Å²) in [4.78, 5) is 0. The molecule has 2 radical (unpaired) electrons. The Morgan fingerprint density at radius 2 is 1.27 bits per heavy atom. The van der Waals surface area contributed by atoms with Crippen molar-refractivity contribution in [1.29, 1.82) is 0 Å². The zero-order valence-corrected chi connectivity index (χ0v) is 25.2. The molecule has 30 heavy (non-hydrogen) atoms. The lowest BCUT2D eigenvalue weighted by Crippen LogP contribution is -2.44. The van der Waals surface area contributed by atoms with E-state index in [1.54, 1.807) is 0 Å². The number of hydrogen-bond acceptors (Lipinski definition) is 2. The standard InChI is InChI=1S/C25H56O2Si3/c1-11-12-21-30(10,27-23-28(6,7)19-15-17-25(4)5)22-18-26-29(8,9)20-14-13-16-24(2)3/h1,24-25H,11-23H2,2-10H3. The molecule has 0 aliphatic rings. The number of unbranched alkanes of at least 4 members (excludes halogenated alkanes) is 2. The minimum Gasteiger partial charge on any atom is -0.420 e. The summed E-state index contributed by atoms with van der Waals surface area (Å²) in [6, 6.07) is 4.99. The Bertz CT molecular complexity index is 425. The molecular weight excluding hydrogens is 417 g/mol. The molecule has 0 spiro atoms. The molecule has 5 heteroatoms. The zero-order valence-electron chi connectivity index (χ0n) is 22.2. The van der Waals surface area contributed by atoms with Crippen LogP contribution in [0.5, 0.6) is 0 Å². The lowest BCUT2D eigenvalue weighted by molar-refractivity contribution is 0.302. The Morgan fingerprint density at radius 3 is 1.83 bits per heavy atom. The van der Waals surface area contributed by atoms with Crippen LogP contribution in [0, 0.1) is 18.8 Å². The van der Waals surface area contributed by atoms with E-state index in [2.05, 4.69) is 60.4 Å². The summed E-state index contributed by atoms with van der Waals surface area (Å²) < 4.78 is 13.3. The quantitative estimate of drug-likeness (QED) is 0.138. The van der Waals surface area contributed by atoms with Crippen LogP contribution in [0.3, 0.4) is 0 Å². The average Bonchev–Trinajstić information content (AvgIpc) is 2.61. The molecule has 1 atom stereocenters. The Hall–Kier alpha value is 0.571. The van der Waals surface area contributed by atoms with E-state index in [0.29, 0.717) is 0 Å². The van der Waals surface area contributed by atoms with E-state index < -0.39 is 24.7 Å². The van der Waals surface area contributed by atoms with Crippen LogP contribution in [0.2, 0.25) is 56.9 Å². The van der Waals surface area contributed by atoms with Crippen molar-refractivity contribution in [3.05, 3.63) is 6.92 Å².